The number of aryl methyl sites for hydroxylation is 1. The first kappa shape index (κ1) is 13.9. The largest absolute Gasteiger partial charge is 0.366 e. The monoisotopic (exact) mass is 249 g/mol. The van der Waals surface area contributed by atoms with Crippen molar-refractivity contribution in [1.29, 1.82) is 5.26 Å². The second kappa shape index (κ2) is 7.18. The predicted molar refractivity (Wildman–Crippen MR) is 74.4 cm³/mol. The average Bonchev–Trinajstić information content (AvgIpc) is 2.29. The highest BCUT2D eigenvalue weighted by atomic mass is 32.2. The molecule has 0 fully saturated rings. The van der Waals surface area contributed by atoms with Crippen LogP contribution in [-0.2, 0) is 0 Å². The molecule has 1 unspecified atom stereocenters. The maximum Gasteiger partial charge on any atom is 0.144 e. The van der Waals surface area contributed by atoms with Crippen molar-refractivity contribution < 1.29 is 0 Å². The van der Waals surface area contributed by atoms with Crippen LogP contribution in [0.4, 0.5) is 5.82 Å². The van der Waals surface area contributed by atoms with Crippen LogP contribution in [0.2, 0.25) is 0 Å². The topological polar surface area (TPSA) is 48.7 Å². The fourth-order valence-corrected chi connectivity index (χ4v) is 2.28. The van der Waals surface area contributed by atoms with Gasteiger partial charge < -0.3 is 5.32 Å². The summed E-state index contributed by atoms with van der Waals surface area (Å²) in [5.74, 6) is 3.00. The Morgan fingerprint density at radius 1 is 1.53 bits per heavy atom. The quantitative estimate of drug-likeness (QED) is 0.786. The second-order valence-corrected chi connectivity index (χ2v) is 5.39. The third-order valence-electron chi connectivity index (χ3n) is 2.44. The smallest absolute Gasteiger partial charge is 0.144 e. The van der Waals surface area contributed by atoms with Crippen molar-refractivity contribution in [1.82, 2.24) is 4.98 Å². The van der Waals surface area contributed by atoms with E-state index in [1.54, 1.807) is 0 Å². The van der Waals surface area contributed by atoms with Gasteiger partial charge in [-0.25, -0.2) is 4.98 Å². The number of hydrogen-bond acceptors (Lipinski definition) is 4. The number of pyridine rings is 1. The first-order valence-electron chi connectivity index (χ1n) is 5.89. The summed E-state index contributed by atoms with van der Waals surface area (Å²) in [6.07, 6.45) is 1.08. The lowest BCUT2D eigenvalue weighted by atomic mass is 10.2. The van der Waals surface area contributed by atoms with Crippen molar-refractivity contribution in [3.8, 4) is 6.07 Å². The van der Waals surface area contributed by atoms with E-state index in [9.17, 15) is 0 Å². The molecule has 0 saturated heterocycles. The Labute approximate surface area is 108 Å². The van der Waals surface area contributed by atoms with Crippen LogP contribution < -0.4 is 5.32 Å². The third-order valence-corrected chi connectivity index (χ3v) is 3.37. The fraction of sp³-hybridized carbons (Fsp3) is 0.538. The Bertz CT molecular complexity index is 398. The Morgan fingerprint density at radius 2 is 2.29 bits per heavy atom. The molecule has 1 aromatic rings. The molecule has 3 nitrogen and oxygen atoms in total. The van der Waals surface area contributed by atoms with Crippen LogP contribution in [0.25, 0.3) is 0 Å². The van der Waals surface area contributed by atoms with Crippen LogP contribution in [0, 0.1) is 18.3 Å². The number of rotatable bonds is 6. The van der Waals surface area contributed by atoms with Gasteiger partial charge in [-0.15, -0.1) is 0 Å². The lowest BCUT2D eigenvalue weighted by Gasteiger charge is -2.15. The fourth-order valence-electron chi connectivity index (χ4n) is 1.47. The molecular weight excluding hydrogens is 230 g/mol. The molecule has 1 rings (SSSR count). The molecule has 17 heavy (non-hydrogen) atoms. The normalized spacial score (nSPS) is 11.9. The number of aromatic nitrogens is 1. The highest BCUT2D eigenvalue weighted by molar-refractivity contribution is 7.99. The van der Waals surface area contributed by atoms with Gasteiger partial charge in [-0.05, 0) is 43.9 Å². The van der Waals surface area contributed by atoms with Gasteiger partial charge in [-0.1, -0.05) is 6.92 Å². The molecular formula is C13H19N3S. The number of thioether (sulfide) groups is 1. The Kier molecular flexibility index (Phi) is 5.85. The van der Waals surface area contributed by atoms with E-state index in [2.05, 4.69) is 30.2 Å². The zero-order chi connectivity index (χ0) is 12.7. The van der Waals surface area contributed by atoms with Gasteiger partial charge in [0.05, 0.1) is 5.56 Å². The van der Waals surface area contributed by atoms with E-state index in [0.29, 0.717) is 17.4 Å². The van der Waals surface area contributed by atoms with Crippen molar-refractivity contribution in [2.45, 2.75) is 33.2 Å². The van der Waals surface area contributed by atoms with Crippen molar-refractivity contribution in [2.24, 2.45) is 0 Å². The van der Waals surface area contributed by atoms with Crippen molar-refractivity contribution in [3.63, 3.8) is 0 Å². The molecule has 1 aromatic heterocycles. The first-order valence-corrected chi connectivity index (χ1v) is 7.04. The van der Waals surface area contributed by atoms with E-state index in [-0.39, 0.29) is 0 Å². The molecule has 0 saturated carbocycles. The SMILES string of the molecule is CCSCCC(C)Nc1nc(C)ccc1C#N. The Hall–Kier alpha value is -1.21. The number of nitrogens with zero attached hydrogens (tertiary/aromatic N) is 2. The second-order valence-electron chi connectivity index (χ2n) is 3.99. The molecule has 0 spiro atoms. The van der Waals surface area contributed by atoms with Gasteiger partial charge in [-0.2, -0.15) is 17.0 Å². The van der Waals surface area contributed by atoms with E-state index >= 15 is 0 Å². The summed E-state index contributed by atoms with van der Waals surface area (Å²) in [5, 5.41) is 12.3. The van der Waals surface area contributed by atoms with Gasteiger partial charge in [0.25, 0.3) is 0 Å². The van der Waals surface area contributed by atoms with Crippen LogP contribution in [0.3, 0.4) is 0 Å². The molecule has 0 aliphatic heterocycles. The van der Waals surface area contributed by atoms with Gasteiger partial charge >= 0.3 is 0 Å². The van der Waals surface area contributed by atoms with Gasteiger partial charge in [0.15, 0.2) is 0 Å². The average molecular weight is 249 g/mol. The van der Waals surface area contributed by atoms with Gasteiger partial charge in [0, 0.05) is 11.7 Å². The zero-order valence-corrected chi connectivity index (χ0v) is 11.5. The Balaban J connectivity index is 2.61. The molecule has 0 amide bonds. The maximum atomic E-state index is 9.00. The third kappa shape index (κ3) is 4.66. The van der Waals surface area contributed by atoms with Crippen molar-refractivity contribution in [2.75, 3.05) is 16.8 Å². The Morgan fingerprint density at radius 3 is 2.94 bits per heavy atom. The van der Waals surface area contributed by atoms with Crippen LogP contribution in [-0.4, -0.2) is 22.5 Å². The van der Waals surface area contributed by atoms with Gasteiger partial charge in [-0.3, -0.25) is 0 Å². The predicted octanol–water partition coefficient (Wildman–Crippen LogP) is 3.21. The van der Waals surface area contributed by atoms with Crippen LogP contribution >= 0.6 is 11.8 Å². The van der Waals surface area contributed by atoms with E-state index in [0.717, 1.165) is 23.6 Å². The van der Waals surface area contributed by atoms with Crippen LogP contribution in [0.1, 0.15) is 31.5 Å². The van der Waals surface area contributed by atoms with E-state index in [4.69, 9.17) is 5.26 Å². The molecule has 1 heterocycles. The van der Waals surface area contributed by atoms with Crippen molar-refractivity contribution in [3.05, 3.63) is 23.4 Å². The molecule has 0 radical (unpaired) electrons. The molecule has 0 aliphatic carbocycles. The molecule has 1 N–H and O–H groups in total. The minimum absolute atomic E-state index is 0.343. The molecule has 0 bridgehead atoms. The van der Waals surface area contributed by atoms with Crippen molar-refractivity contribution >= 4 is 17.6 Å². The molecule has 0 aromatic carbocycles. The number of hydrogen-bond donors (Lipinski definition) is 1. The minimum atomic E-state index is 0.343. The summed E-state index contributed by atoms with van der Waals surface area (Å²) in [6.45, 7) is 6.23. The minimum Gasteiger partial charge on any atom is -0.366 e. The molecule has 1 atom stereocenters. The molecule has 92 valence electrons. The zero-order valence-electron chi connectivity index (χ0n) is 10.7. The van der Waals surface area contributed by atoms with E-state index < -0.39 is 0 Å². The highest BCUT2D eigenvalue weighted by Gasteiger charge is 2.07. The summed E-state index contributed by atoms with van der Waals surface area (Å²) >= 11 is 1.93. The lowest BCUT2D eigenvalue weighted by molar-refractivity contribution is 0.765. The summed E-state index contributed by atoms with van der Waals surface area (Å²) < 4.78 is 0. The van der Waals surface area contributed by atoms with Gasteiger partial charge in [0.1, 0.15) is 11.9 Å². The first-order chi connectivity index (χ1) is 8.17. The maximum absolute atomic E-state index is 9.00. The summed E-state index contributed by atoms with van der Waals surface area (Å²) in [6, 6.07) is 6.19. The highest BCUT2D eigenvalue weighted by Crippen LogP contribution is 2.15. The molecule has 0 aliphatic rings. The lowest BCUT2D eigenvalue weighted by Crippen LogP contribution is -2.18. The summed E-state index contributed by atoms with van der Waals surface area (Å²) in [5.41, 5.74) is 1.55. The van der Waals surface area contributed by atoms with E-state index in [1.807, 2.05) is 30.8 Å². The number of anilines is 1. The number of nitrogens with one attached hydrogen (secondary N) is 1. The number of nitriles is 1. The van der Waals surface area contributed by atoms with E-state index in [1.165, 1.54) is 0 Å². The van der Waals surface area contributed by atoms with Crippen LogP contribution in [0.5, 0.6) is 0 Å². The summed E-state index contributed by atoms with van der Waals surface area (Å²) in [4.78, 5) is 4.37. The van der Waals surface area contributed by atoms with Gasteiger partial charge in [0.2, 0.25) is 0 Å². The van der Waals surface area contributed by atoms with Crippen LogP contribution in [0.15, 0.2) is 12.1 Å². The summed E-state index contributed by atoms with van der Waals surface area (Å²) in [7, 11) is 0. The standard InChI is InChI=1S/C13H19N3S/c1-4-17-8-7-11(3)16-13-12(9-14)6-5-10(2)15-13/h5-6,11H,4,7-8H2,1-3H3,(H,15,16). The molecule has 4 heteroatoms.